The average molecular weight is 378 g/mol. The van der Waals surface area contributed by atoms with Crippen LogP contribution in [0.2, 0.25) is 0 Å². The summed E-state index contributed by atoms with van der Waals surface area (Å²) in [5.74, 6) is 0.923. The highest BCUT2D eigenvalue weighted by atomic mass is 16.5. The van der Waals surface area contributed by atoms with Gasteiger partial charge in [-0.3, -0.25) is 9.59 Å². The molecule has 0 spiro atoms. The fourth-order valence-corrected chi connectivity index (χ4v) is 3.66. The summed E-state index contributed by atoms with van der Waals surface area (Å²) in [6.45, 7) is 0. The minimum atomic E-state index is -0.518. The topological polar surface area (TPSA) is 89.0 Å². The maximum atomic E-state index is 13.0. The molecule has 1 aliphatic rings. The number of hydrogen-bond donors (Lipinski definition) is 2. The number of aromatic amines is 1. The second-order valence-corrected chi connectivity index (χ2v) is 6.95. The van der Waals surface area contributed by atoms with E-state index in [1.165, 1.54) is 0 Å². The summed E-state index contributed by atoms with van der Waals surface area (Å²) in [7, 11) is 3.46. The molecule has 1 aromatic carbocycles. The molecule has 4 rings (SSSR count). The highest BCUT2D eigenvalue weighted by Crippen LogP contribution is 2.25. The summed E-state index contributed by atoms with van der Waals surface area (Å²) < 4.78 is 7.16. The van der Waals surface area contributed by atoms with Gasteiger partial charge >= 0.3 is 0 Å². The number of rotatable bonds is 5. The van der Waals surface area contributed by atoms with Gasteiger partial charge in [0.25, 0.3) is 11.5 Å². The van der Waals surface area contributed by atoms with Gasteiger partial charge in [-0.2, -0.15) is 0 Å². The predicted octanol–water partition coefficient (Wildman–Crippen LogP) is 2.13. The molecule has 0 aliphatic heterocycles. The molecule has 0 unspecified atom stereocenters. The molecule has 1 atom stereocenters. The Hall–Kier alpha value is -3.35. The number of benzene rings is 1. The van der Waals surface area contributed by atoms with Gasteiger partial charge in [0.15, 0.2) is 0 Å². The summed E-state index contributed by atoms with van der Waals surface area (Å²) >= 11 is 0. The molecule has 0 fully saturated rings. The number of amides is 1. The molecule has 7 heteroatoms. The van der Waals surface area contributed by atoms with Crippen molar-refractivity contribution in [2.45, 2.75) is 25.3 Å². The van der Waals surface area contributed by atoms with Crippen LogP contribution in [-0.2, 0) is 19.9 Å². The van der Waals surface area contributed by atoms with Crippen molar-refractivity contribution in [1.82, 2.24) is 19.9 Å². The van der Waals surface area contributed by atoms with E-state index < -0.39 is 11.9 Å². The largest absolute Gasteiger partial charge is 0.497 e. The molecule has 3 aromatic rings. The smallest absolute Gasteiger partial charge is 0.261 e. The Kier molecular flexibility index (Phi) is 4.73. The van der Waals surface area contributed by atoms with E-state index in [1.54, 1.807) is 19.4 Å². The van der Waals surface area contributed by atoms with E-state index in [9.17, 15) is 9.59 Å². The van der Waals surface area contributed by atoms with Gasteiger partial charge in [0.05, 0.1) is 7.11 Å². The molecule has 1 aliphatic carbocycles. The van der Waals surface area contributed by atoms with Crippen LogP contribution in [0.4, 0.5) is 0 Å². The summed E-state index contributed by atoms with van der Waals surface area (Å²) in [5.41, 5.74) is 2.57. The highest BCUT2D eigenvalue weighted by molar-refractivity contribution is 5.94. The van der Waals surface area contributed by atoms with E-state index in [2.05, 4.69) is 15.3 Å². The first-order valence-electron chi connectivity index (χ1n) is 9.24. The number of carbonyl (C=O) groups is 1. The number of aromatic nitrogens is 3. The Morgan fingerprint density at radius 3 is 2.93 bits per heavy atom. The van der Waals surface area contributed by atoms with E-state index in [0.717, 1.165) is 36.1 Å². The lowest BCUT2D eigenvalue weighted by molar-refractivity contribution is 0.0939. The maximum absolute atomic E-state index is 13.0. The number of aryl methyl sites for hydroxylation is 3. The van der Waals surface area contributed by atoms with Crippen molar-refractivity contribution < 1.29 is 9.53 Å². The first-order chi connectivity index (χ1) is 13.6. The molecule has 0 saturated heterocycles. The normalized spacial score (nSPS) is 13.8. The van der Waals surface area contributed by atoms with E-state index >= 15 is 0 Å². The molecule has 7 nitrogen and oxygen atoms in total. The Morgan fingerprint density at radius 2 is 2.18 bits per heavy atom. The molecule has 0 saturated carbocycles. The van der Waals surface area contributed by atoms with Crippen LogP contribution < -0.4 is 15.6 Å². The lowest BCUT2D eigenvalue weighted by Gasteiger charge is -2.20. The van der Waals surface area contributed by atoms with Crippen LogP contribution in [0.1, 0.15) is 45.5 Å². The van der Waals surface area contributed by atoms with E-state index in [1.807, 2.05) is 42.1 Å². The molecule has 0 radical (unpaired) electrons. The molecule has 2 N–H and O–H groups in total. The second kappa shape index (κ2) is 7.34. The molecular formula is C21H22N4O3. The number of methoxy groups -OCH3 is 1. The third kappa shape index (κ3) is 3.31. The maximum Gasteiger partial charge on any atom is 0.261 e. The quantitative estimate of drug-likeness (QED) is 0.712. The lowest BCUT2D eigenvalue weighted by Crippen LogP contribution is -2.35. The number of hydrogen-bond acceptors (Lipinski definition) is 4. The summed E-state index contributed by atoms with van der Waals surface area (Å²) in [5, 5.41) is 2.98. The van der Waals surface area contributed by atoms with E-state index in [4.69, 9.17) is 4.74 Å². The van der Waals surface area contributed by atoms with Gasteiger partial charge in [0.2, 0.25) is 0 Å². The van der Waals surface area contributed by atoms with Crippen LogP contribution in [0, 0.1) is 0 Å². The number of imidazole rings is 1. The second-order valence-electron chi connectivity index (χ2n) is 6.95. The predicted molar refractivity (Wildman–Crippen MR) is 105 cm³/mol. The lowest BCUT2D eigenvalue weighted by atomic mass is 10.0. The van der Waals surface area contributed by atoms with Crippen LogP contribution in [0.15, 0.2) is 47.5 Å². The monoisotopic (exact) mass is 378 g/mol. The Labute approximate surface area is 162 Å². The third-order valence-corrected chi connectivity index (χ3v) is 5.15. The number of fused-ring (bicyclic) bond motifs is 1. The molecular weight excluding hydrogens is 356 g/mol. The van der Waals surface area contributed by atoms with Crippen molar-refractivity contribution in [3.8, 4) is 5.75 Å². The minimum Gasteiger partial charge on any atom is -0.497 e. The molecule has 0 bridgehead atoms. The summed E-state index contributed by atoms with van der Waals surface area (Å²) in [6, 6.07) is 8.65. The van der Waals surface area contributed by atoms with E-state index in [0.29, 0.717) is 11.6 Å². The summed E-state index contributed by atoms with van der Waals surface area (Å²) in [6.07, 6.45) is 6.22. The number of carbonyl (C=O) groups excluding carboxylic acids is 1. The van der Waals surface area contributed by atoms with E-state index in [-0.39, 0.29) is 11.1 Å². The fourth-order valence-electron chi connectivity index (χ4n) is 3.66. The number of H-pyrrole nitrogens is 1. The Balaban J connectivity index is 1.71. The zero-order valence-electron chi connectivity index (χ0n) is 15.9. The molecule has 2 aromatic heterocycles. The van der Waals surface area contributed by atoms with Crippen molar-refractivity contribution in [2.24, 2.45) is 7.05 Å². The van der Waals surface area contributed by atoms with Crippen molar-refractivity contribution in [3.05, 3.63) is 81.3 Å². The van der Waals surface area contributed by atoms with Gasteiger partial charge in [-0.1, -0.05) is 12.1 Å². The Morgan fingerprint density at radius 1 is 1.32 bits per heavy atom. The zero-order chi connectivity index (χ0) is 19.7. The first-order valence-corrected chi connectivity index (χ1v) is 9.24. The Bertz CT molecular complexity index is 1080. The molecule has 144 valence electrons. The van der Waals surface area contributed by atoms with Gasteiger partial charge < -0.3 is 19.6 Å². The fraction of sp³-hybridized carbons (Fsp3) is 0.286. The van der Waals surface area contributed by atoms with Crippen LogP contribution in [0.5, 0.6) is 5.75 Å². The van der Waals surface area contributed by atoms with Crippen LogP contribution in [0.3, 0.4) is 0 Å². The van der Waals surface area contributed by atoms with Gasteiger partial charge in [0.1, 0.15) is 23.2 Å². The van der Waals surface area contributed by atoms with Gasteiger partial charge in [-0.25, -0.2) is 4.98 Å². The van der Waals surface area contributed by atoms with Crippen LogP contribution in [0.25, 0.3) is 0 Å². The van der Waals surface area contributed by atoms with Crippen molar-refractivity contribution >= 4 is 5.91 Å². The number of nitrogens with zero attached hydrogens (tertiary/aromatic N) is 2. The average Bonchev–Trinajstić information content (AvgIpc) is 3.33. The number of ether oxygens (including phenoxy) is 1. The van der Waals surface area contributed by atoms with Gasteiger partial charge in [-0.15, -0.1) is 0 Å². The van der Waals surface area contributed by atoms with Crippen molar-refractivity contribution in [2.75, 3.05) is 7.11 Å². The highest BCUT2D eigenvalue weighted by Gasteiger charge is 2.24. The van der Waals surface area contributed by atoms with Crippen LogP contribution >= 0.6 is 0 Å². The molecule has 2 heterocycles. The number of nitrogens with one attached hydrogen (secondary N) is 2. The van der Waals surface area contributed by atoms with Crippen molar-refractivity contribution in [1.29, 1.82) is 0 Å². The zero-order valence-corrected chi connectivity index (χ0v) is 15.9. The third-order valence-electron chi connectivity index (χ3n) is 5.15. The number of pyridine rings is 1. The van der Waals surface area contributed by atoms with Gasteiger partial charge in [-0.05, 0) is 48.6 Å². The summed E-state index contributed by atoms with van der Waals surface area (Å²) in [4.78, 5) is 32.7. The minimum absolute atomic E-state index is 0.128. The first kappa shape index (κ1) is 18.0. The van der Waals surface area contributed by atoms with Crippen molar-refractivity contribution in [3.63, 3.8) is 0 Å². The SMILES string of the molecule is COc1cccc([C@H](NC(=O)c2cc3c([nH]c2=O)CCC3)c2nccn2C)c1. The van der Waals surface area contributed by atoms with Crippen LogP contribution in [-0.4, -0.2) is 27.6 Å². The molecule has 1 amide bonds. The molecule has 28 heavy (non-hydrogen) atoms. The standard InChI is InChI=1S/C21H22N4O3/c1-25-10-9-22-19(25)18(14-6-3-7-15(11-14)28-2)24-21(27)16-12-13-5-4-8-17(13)23-20(16)26/h3,6-7,9-12,18H,4-5,8H2,1-2H3,(H,23,26)(H,24,27)/t18-/m0/s1. The van der Waals surface area contributed by atoms with Gasteiger partial charge in [0, 0.05) is 25.1 Å².